The number of hydrogen-bond acceptors (Lipinski definition) is 5. The normalized spacial score (nSPS) is 12.7. The van der Waals surface area contributed by atoms with Crippen molar-refractivity contribution in [3.8, 4) is 0 Å². The molecule has 0 amide bonds. The van der Waals surface area contributed by atoms with Gasteiger partial charge in [0.25, 0.3) is 5.92 Å². The van der Waals surface area contributed by atoms with Crippen LogP contribution in [0.2, 0.25) is 0 Å². The van der Waals surface area contributed by atoms with Gasteiger partial charge < -0.3 is 16.2 Å². The highest BCUT2D eigenvalue weighted by Gasteiger charge is 2.27. The molecule has 0 saturated carbocycles. The van der Waals surface area contributed by atoms with Crippen LogP contribution in [-0.2, 0) is 10.0 Å². The van der Waals surface area contributed by atoms with E-state index in [4.69, 9.17) is 10.8 Å². The first-order valence-electron chi connectivity index (χ1n) is 5.65. The summed E-state index contributed by atoms with van der Waals surface area (Å²) in [6.45, 7) is -2.16. The summed E-state index contributed by atoms with van der Waals surface area (Å²) in [6, 6.07) is 3.79. The fourth-order valence-corrected chi connectivity index (χ4v) is 2.27. The Hall–Kier alpha value is -1.45. The zero-order valence-electron chi connectivity index (χ0n) is 11.1. The van der Waals surface area contributed by atoms with Crippen molar-refractivity contribution in [1.29, 1.82) is 0 Å². The standard InChI is InChI=1S/C11H17F2N3O3S/c1-16(2)20(18,19)8-3-4-9(14)10(5-8)15-6-11(12,13)7-17/h3-5,15,17H,6-7,14H2,1-2H3. The predicted molar refractivity (Wildman–Crippen MR) is 72.2 cm³/mol. The van der Waals surface area contributed by atoms with Crippen LogP contribution in [0.5, 0.6) is 0 Å². The summed E-state index contributed by atoms with van der Waals surface area (Å²) in [6.07, 6.45) is 0. The minimum atomic E-state index is -3.67. The molecule has 9 heteroatoms. The van der Waals surface area contributed by atoms with Crippen molar-refractivity contribution in [1.82, 2.24) is 4.31 Å². The largest absolute Gasteiger partial charge is 0.397 e. The summed E-state index contributed by atoms with van der Waals surface area (Å²) in [5, 5.41) is 10.8. The molecule has 6 nitrogen and oxygen atoms in total. The number of nitrogens with zero attached hydrogens (tertiary/aromatic N) is 1. The van der Waals surface area contributed by atoms with Gasteiger partial charge in [0.15, 0.2) is 0 Å². The number of aliphatic hydroxyl groups is 1. The Morgan fingerprint density at radius 2 is 2.00 bits per heavy atom. The third kappa shape index (κ3) is 3.78. The van der Waals surface area contributed by atoms with Crippen LogP contribution in [0.25, 0.3) is 0 Å². The first-order chi connectivity index (χ1) is 9.10. The molecular formula is C11H17F2N3O3S. The third-order valence-corrected chi connectivity index (χ3v) is 4.38. The molecule has 4 N–H and O–H groups in total. The topological polar surface area (TPSA) is 95.7 Å². The maximum atomic E-state index is 13.0. The van der Waals surface area contributed by atoms with E-state index in [1.807, 2.05) is 0 Å². The number of alkyl halides is 2. The average molecular weight is 309 g/mol. The summed E-state index contributed by atoms with van der Waals surface area (Å²) >= 11 is 0. The fraction of sp³-hybridized carbons (Fsp3) is 0.455. The average Bonchev–Trinajstić information content (AvgIpc) is 2.37. The Kier molecular flexibility index (Phi) is 4.90. The Morgan fingerprint density at radius 3 is 2.50 bits per heavy atom. The van der Waals surface area contributed by atoms with Gasteiger partial charge in [0.05, 0.1) is 22.8 Å². The molecule has 1 aromatic rings. The maximum absolute atomic E-state index is 13.0. The molecule has 0 atom stereocenters. The molecule has 0 aliphatic rings. The Balaban J connectivity index is 3.05. The van der Waals surface area contributed by atoms with E-state index in [-0.39, 0.29) is 16.3 Å². The molecule has 0 heterocycles. The molecule has 0 aromatic heterocycles. The fourth-order valence-electron chi connectivity index (χ4n) is 1.34. The smallest absolute Gasteiger partial charge is 0.287 e. The lowest BCUT2D eigenvalue weighted by atomic mass is 10.2. The van der Waals surface area contributed by atoms with E-state index in [0.29, 0.717) is 0 Å². The molecule has 0 aliphatic carbocycles. The van der Waals surface area contributed by atoms with E-state index in [1.165, 1.54) is 32.3 Å². The molecule has 0 fully saturated rings. The van der Waals surface area contributed by atoms with Gasteiger partial charge in [-0.3, -0.25) is 0 Å². The quantitative estimate of drug-likeness (QED) is 0.667. The second-order valence-corrected chi connectivity index (χ2v) is 6.56. The lowest BCUT2D eigenvalue weighted by Gasteiger charge is -2.17. The Morgan fingerprint density at radius 1 is 1.40 bits per heavy atom. The first-order valence-corrected chi connectivity index (χ1v) is 7.09. The SMILES string of the molecule is CN(C)S(=O)(=O)c1ccc(N)c(NCC(F)(F)CO)c1. The molecule has 1 rings (SSSR count). The second-order valence-electron chi connectivity index (χ2n) is 4.40. The number of sulfonamides is 1. The summed E-state index contributed by atoms with van der Waals surface area (Å²) < 4.78 is 50.8. The summed E-state index contributed by atoms with van der Waals surface area (Å²) in [4.78, 5) is -0.0634. The van der Waals surface area contributed by atoms with E-state index < -0.39 is 29.1 Å². The van der Waals surface area contributed by atoms with Crippen LogP contribution in [0, 0.1) is 0 Å². The highest BCUT2D eigenvalue weighted by Crippen LogP contribution is 2.25. The van der Waals surface area contributed by atoms with Crippen molar-refractivity contribution in [2.24, 2.45) is 0 Å². The molecule has 0 aliphatic heterocycles. The van der Waals surface area contributed by atoms with Gasteiger partial charge in [-0.1, -0.05) is 0 Å². The highest BCUT2D eigenvalue weighted by atomic mass is 32.2. The number of anilines is 2. The number of rotatable bonds is 6. The number of benzene rings is 1. The van der Waals surface area contributed by atoms with E-state index in [1.54, 1.807) is 0 Å². The number of aliphatic hydroxyl groups excluding tert-OH is 1. The van der Waals surface area contributed by atoms with Crippen molar-refractivity contribution in [3.05, 3.63) is 18.2 Å². The molecule has 0 spiro atoms. The maximum Gasteiger partial charge on any atom is 0.287 e. The van der Waals surface area contributed by atoms with Gasteiger partial charge in [-0.05, 0) is 18.2 Å². The Bertz CT molecular complexity index is 576. The second kappa shape index (κ2) is 5.90. The van der Waals surface area contributed by atoms with Crippen molar-refractivity contribution in [3.63, 3.8) is 0 Å². The monoisotopic (exact) mass is 309 g/mol. The van der Waals surface area contributed by atoms with Crippen LogP contribution in [0.1, 0.15) is 0 Å². The molecule has 0 saturated heterocycles. The van der Waals surface area contributed by atoms with E-state index in [9.17, 15) is 17.2 Å². The molecule has 0 bridgehead atoms. The summed E-state index contributed by atoms with van der Waals surface area (Å²) in [7, 11) is -0.955. The first kappa shape index (κ1) is 16.6. The summed E-state index contributed by atoms with van der Waals surface area (Å²) in [5.41, 5.74) is 5.81. The predicted octanol–water partition coefficient (Wildman–Crippen LogP) is 0.559. The van der Waals surface area contributed by atoms with Crippen LogP contribution in [0.3, 0.4) is 0 Å². The van der Waals surface area contributed by atoms with Crippen LogP contribution >= 0.6 is 0 Å². The zero-order valence-corrected chi connectivity index (χ0v) is 11.9. The Labute approximate surface area is 116 Å². The van der Waals surface area contributed by atoms with Crippen molar-refractivity contribution in [2.45, 2.75) is 10.8 Å². The van der Waals surface area contributed by atoms with Crippen LogP contribution in [-0.4, -0.2) is 51.0 Å². The molecule has 1 aromatic carbocycles. The third-order valence-electron chi connectivity index (χ3n) is 2.57. The number of nitrogens with one attached hydrogen (secondary N) is 1. The van der Waals surface area contributed by atoms with Crippen molar-refractivity contribution >= 4 is 21.4 Å². The van der Waals surface area contributed by atoms with Gasteiger partial charge in [0.1, 0.15) is 6.61 Å². The minimum absolute atomic E-state index is 0.0634. The van der Waals surface area contributed by atoms with Gasteiger partial charge in [0.2, 0.25) is 10.0 Å². The van der Waals surface area contributed by atoms with Crippen molar-refractivity contribution in [2.75, 3.05) is 38.3 Å². The van der Waals surface area contributed by atoms with Gasteiger partial charge >= 0.3 is 0 Å². The van der Waals surface area contributed by atoms with Gasteiger partial charge in [-0.2, -0.15) is 0 Å². The van der Waals surface area contributed by atoms with Crippen molar-refractivity contribution < 1.29 is 22.3 Å². The van der Waals surface area contributed by atoms with E-state index >= 15 is 0 Å². The lowest BCUT2D eigenvalue weighted by Crippen LogP contribution is -2.31. The number of halogens is 2. The molecule has 114 valence electrons. The summed E-state index contributed by atoms with van der Waals surface area (Å²) in [5.74, 6) is -3.32. The van der Waals surface area contributed by atoms with Gasteiger partial charge in [0, 0.05) is 14.1 Å². The zero-order chi connectivity index (χ0) is 15.6. The van der Waals surface area contributed by atoms with E-state index in [0.717, 1.165) is 4.31 Å². The number of nitrogen functional groups attached to an aromatic ring is 1. The molecular weight excluding hydrogens is 292 g/mol. The minimum Gasteiger partial charge on any atom is -0.397 e. The van der Waals surface area contributed by atoms with Crippen LogP contribution in [0.4, 0.5) is 20.2 Å². The lowest BCUT2D eigenvalue weighted by molar-refractivity contribution is -0.0372. The van der Waals surface area contributed by atoms with Crippen LogP contribution in [0.15, 0.2) is 23.1 Å². The molecule has 0 unspecified atom stereocenters. The van der Waals surface area contributed by atoms with Gasteiger partial charge in [-0.15, -0.1) is 0 Å². The van der Waals surface area contributed by atoms with Gasteiger partial charge in [-0.25, -0.2) is 21.5 Å². The number of hydrogen-bond donors (Lipinski definition) is 3. The molecule has 20 heavy (non-hydrogen) atoms. The van der Waals surface area contributed by atoms with Crippen LogP contribution < -0.4 is 11.1 Å². The highest BCUT2D eigenvalue weighted by molar-refractivity contribution is 7.89. The molecule has 0 radical (unpaired) electrons. The van der Waals surface area contributed by atoms with E-state index in [2.05, 4.69) is 5.32 Å². The number of nitrogens with two attached hydrogens (primary N) is 1.